The molecule has 0 unspecified atom stereocenters. The van der Waals surface area contributed by atoms with Gasteiger partial charge in [0, 0.05) is 17.7 Å². The van der Waals surface area contributed by atoms with E-state index in [0.29, 0.717) is 36.3 Å². The van der Waals surface area contributed by atoms with Crippen molar-refractivity contribution >= 4 is 5.91 Å². The first-order valence-corrected chi connectivity index (χ1v) is 7.12. The summed E-state index contributed by atoms with van der Waals surface area (Å²) < 4.78 is 0. The summed E-state index contributed by atoms with van der Waals surface area (Å²) in [7, 11) is 0. The quantitative estimate of drug-likeness (QED) is 0.909. The predicted octanol–water partition coefficient (Wildman–Crippen LogP) is 1.53. The monoisotopic (exact) mass is 283 g/mol. The van der Waals surface area contributed by atoms with Crippen molar-refractivity contribution in [1.82, 2.24) is 14.9 Å². The highest BCUT2D eigenvalue weighted by Gasteiger charge is 2.24. The molecule has 0 bridgehead atoms. The lowest BCUT2D eigenvalue weighted by Crippen LogP contribution is -2.38. The molecular weight excluding hydrogens is 266 g/mol. The van der Waals surface area contributed by atoms with Crippen LogP contribution in [0.5, 0.6) is 0 Å². The second kappa shape index (κ2) is 5.52. The number of carbonyl (C=O) groups is 1. The van der Waals surface area contributed by atoms with Crippen LogP contribution in [0.15, 0.2) is 35.4 Å². The molecule has 1 amide bonds. The number of aryl methyl sites for hydroxylation is 1. The number of hydrogen-bond donors (Lipinski definition) is 1. The normalized spacial score (nSPS) is 13.9. The molecule has 2 aromatic rings. The summed E-state index contributed by atoms with van der Waals surface area (Å²) in [5, 5.41) is 0. The van der Waals surface area contributed by atoms with E-state index in [-0.39, 0.29) is 11.5 Å². The van der Waals surface area contributed by atoms with Gasteiger partial charge in [-0.1, -0.05) is 19.1 Å². The van der Waals surface area contributed by atoms with Crippen molar-refractivity contribution in [2.75, 3.05) is 6.54 Å². The van der Waals surface area contributed by atoms with Gasteiger partial charge in [-0.15, -0.1) is 0 Å². The van der Waals surface area contributed by atoms with Crippen molar-refractivity contribution in [3.63, 3.8) is 0 Å². The Labute approximate surface area is 122 Å². The van der Waals surface area contributed by atoms with Crippen molar-refractivity contribution in [2.45, 2.75) is 26.3 Å². The number of hydrogen-bond acceptors (Lipinski definition) is 3. The van der Waals surface area contributed by atoms with Crippen molar-refractivity contribution in [3.8, 4) is 0 Å². The van der Waals surface area contributed by atoms with Crippen molar-refractivity contribution < 1.29 is 4.79 Å². The van der Waals surface area contributed by atoms with Crippen LogP contribution < -0.4 is 5.56 Å². The van der Waals surface area contributed by atoms with Crippen LogP contribution in [0, 0.1) is 0 Å². The summed E-state index contributed by atoms with van der Waals surface area (Å²) in [6, 6.07) is 7.69. The summed E-state index contributed by atoms with van der Waals surface area (Å²) in [6.07, 6.45) is 2.90. The number of amides is 1. The summed E-state index contributed by atoms with van der Waals surface area (Å²) in [5.74, 6) is -0.00890. The van der Waals surface area contributed by atoms with Gasteiger partial charge in [-0.05, 0) is 30.5 Å². The van der Waals surface area contributed by atoms with E-state index in [1.54, 1.807) is 4.90 Å². The topological polar surface area (TPSA) is 66.1 Å². The van der Waals surface area contributed by atoms with E-state index in [9.17, 15) is 9.59 Å². The lowest BCUT2D eigenvalue weighted by molar-refractivity contribution is 0.0731. The first kappa shape index (κ1) is 13.5. The molecule has 1 aliphatic rings. The molecule has 3 rings (SSSR count). The summed E-state index contributed by atoms with van der Waals surface area (Å²) >= 11 is 0. The van der Waals surface area contributed by atoms with Gasteiger partial charge < -0.3 is 9.88 Å². The molecule has 0 atom stereocenters. The first-order chi connectivity index (χ1) is 10.2. The molecule has 5 heteroatoms. The fourth-order valence-corrected chi connectivity index (χ4v) is 2.60. The lowest BCUT2D eigenvalue weighted by atomic mass is 10.0. The fourth-order valence-electron chi connectivity index (χ4n) is 2.60. The fraction of sp³-hybridized carbons (Fsp3) is 0.312. The average molecular weight is 283 g/mol. The molecule has 1 aromatic heterocycles. The molecule has 0 aliphatic carbocycles. The third-order valence-electron chi connectivity index (χ3n) is 3.91. The zero-order valence-corrected chi connectivity index (χ0v) is 11.9. The largest absolute Gasteiger partial charge is 0.332 e. The Morgan fingerprint density at radius 1 is 1.33 bits per heavy atom. The van der Waals surface area contributed by atoms with Gasteiger partial charge >= 0.3 is 0 Å². The second-order valence-corrected chi connectivity index (χ2v) is 5.18. The number of H-pyrrole nitrogens is 1. The van der Waals surface area contributed by atoms with Crippen LogP contribution in [0.1, 0.15) is 34.1 Å². The summed E-state index contributed by atoms with van der Waals surface area (Å²) in [6.45, 7) is 3.03. The van der Waals surface area contributed by atoms with E-state index in [1.807, 2.05) is 24.3 Å². The van der Waals surface area contributed by atoms with Gasteiger partial charge in [0.2, 0.25) is 0 Å². The zero-order valence-electron chi connectivity index (χ0n) is 11.9. The van der Waals surface area contributed by atoms with Crippen LogP contribution in [-0.2, 0) is 19.4 Å². The van der Waals surface area contributed by atoms with E-state index in [2.05, 4.69) is 16.9 Å². The number of rotatable bonds is 2. The number of aromatic nitrogens is 2. The molecule has 1 aromatic carbocycles. The van der Waals surface area contributed by atoms with Crippen LogP contribution in [0.4, 0.5) is 0 Å². The van der Waals surface area contributed by atoms with Gasteiger partial charge in [-0.3, -0.25) is 9.59 Å². The van der Waals surface area contributed by atoms with E-state index in [0.717, 1.165) is 6.42 Å². The maximum atomic E-state index is 12.5. The molecule has 1 N–H and O–H groups in total. The molecule has 5 nitrogen and oxygen atoms in total. The average Bonchev–Trinajstić information content (AvgIpc) is 2.54. The standard InChI is InChI=1S/C16H17N3O2/c1-2-11-3-5-12(6-4-11)16(21)19-8-7-13-14(9-19)17-10-18-15(13)20/h3-6,10H,2,7-9H2,1H3,(H,17,18,20). The number of benzene rings is 1. The van der Waals surface area contributed by atoms with Crippen LogP contribution in [0.25, 0.3) is 0 Å². The maximum absolute atomic E-state index is 12.5. The smallest absolute Gasteiger partial charge is 0.254 e. The van der Waals surface area contributed by atoms with Gasteiger partial charge in [0.25, 0.3) is 11.5 Å². The Bertz CT molecular complexity index is 719. The number of nitrogens with one attached hydrogen (secondary N) is 1. The highest BCUT2D eigenvalue weighted by molar-refractivity contribution is 5.94. The maximum Gasteiger partial charge on any atom is 0.254 e. The van der Waals surface area contributed by atoms with Gasteiger partial charge in [-0.2, -0.15) is 0 Å². The minimum atomic E-state index is -0.0978. The van der Waals surface area contributed by atoms with E-state index >= 15 is 0 Å². The van der Waals surface area contributed by atoms with Crippen LogP contribution in [0.2, 0.25) is 0 Å². The molecule has 21 heavy (non-hydrogen) atoms. The minimum Gasteiger partial charge on any atom is -0.332 e. The minimum absolute atomic E-state index is 0.00890. The van der Waals surface area contributed by atoms with Crippen LogP contribution in [0.3, 0.4) is 0 Å². The molecule has 108 valence electrons. The highest BCUT2D eigenvalue weighted by atomic mass is 16.2. The number of aromatic amines is 1. The first-order valence-electron chi connectivity index (χ1n) is 7.12. The Morgan fingerprint density at radius 3 is 2.81 bits per heavy atom. The van der Waals surface area contributed by atoms with Gasteiger partial charge in [-0.25, -0.2) is 4.98 Å². The SMILES string of the molecule is CCc1ccc(C(=O)N2CCc3c(nc[nH]c3=O)C2)cc1. The van der Waals surface area contributed by atoms with Gasteiger partial charge in [0.15, 0.2) is 0 Å². The van der Waals surface area contributed by atoms with Gasteiger partial charge in [0.05, 0.1) is 18.6 Å². The Morgan fingerprint density at radius 2 is 2.10 bits per heavy atom. The van der Waals surface area contributed by atoms with Crippen LogP contribution >= 0.6 is 0 Å². The molecule has 0 saturated heterocycles. The Kier molecular flexibility index (Phi) is 3.56. The summed E-state index contributed by atoms with van der Waals surface area (Å²) in [5.41, 5.74) is 3.19. The zero-order chi connectivity index (χ0) is 14.8. The van der Waals surface area contributed by atoms with E-state index in [4.69, 9.17) is 0 Å². The van der Waals surface area contributed by atoms with Crippen molar-refractivity contribution in [2.24, 2.45) is 0 Å². The Balaban J connectivity index is 1.82. The van der Waals surface area contributed by atoms with E-state index < -0.39 is 0 Å². The molecule has 0 spiro atoms. The number of nitrogens with zero attached hydrogens (tertiary/aromatic N) is 2. The summed E-state index contributed by atoms with van der Waals surface area (Å²) in [4.78, 5) is 32.7. The molecule has 2 heterocycles. The van der Waals surface area contributed by atoms with Gasteiger partial charge in [0.1, 0.15) is 0 Å². The highest BCUT2D eigenvalue weighted by Crippen LogP contribution is 2.16. The number of fused-ring (bicyclic) bond motifs is 1. The van der Waals surface area contributed by atoms with Crippen molar-refractivity contribution in [3.05, 3.63) is 63.3 Å². The molecule has 0 radical (unpaired) electrons. The molecule has 1 aliphatic heterocycles. The Hall–Kier alpha value is -2.43. The van der Waals surface area contributed by atoms with Crippen LogP contribution in [-0.4, -0.2) is 27.3 Å². The molecule has 0 saturated carbocycles. The third kappa shape index (κ3) is 2.59. The predicted molar refractivity (Wildman–Crippen MR) is 79.1 cm³/mol. The molecular formula is C16H17N3O2. The lowest BCUT2D eigenvalue weighted by Gasteiger charge is -2.27. The second-order valence-electron chi connectivity index (χ2n) is 5.18. The molecule has 0 fully saturated rings. The van der Waals surface area contributed by atoms with Crippen molar-refractivity contribution in [1.29, 1.82) is 0 Å². The third-order valence-corrected chi connectivity index (χ3v) is 3.91. The number of carbonyl (C=O) groups excluding carboxylic acids is 1. The van der Waals surface area contributed by atoms with E-state index in [1.165, 1.54) is 11.9 Å².